The van der Waals surface area contributed by atoms with Crippen molar-refractivity contribution in [1.29, 1.82) is 0 Å². The van der Waals surface area contributed by atoms with Crippen LogP contribution in [0.5, 0.6) is 5.75 Å². The van der Waals surface area contributed by atoms with Crippen LogP contribution >= 0.6 is 11.3 Å². The van der Waals surface area contributed by atoms with E-state index in [1.807, 2.05) is 5.38 Å². The van der Waals surface area contributed by atoms with Gasteiger partial charge in [-0.05, 0) is 18.2 Å². The van der Waals surface area contributed by atoms with Crippen molar-refractivity contribution in [2.75, 3.05) is 6.54 Å². The van der Waals surface area contributed by atoms with Gasteiger partial charge < -0.3 is 10.1 Å². The maximum absolute atomic E-state index is 11.7. The Hall–Kier alpha value is -2.32. The van der Waals surface area contributed by atoms with Crippen LogP contribution in [0, 0.1) is 12.3 Å². The highest BCUT2D eigenvalue weighted by molar-refractivity contribution is 7.07. The minimum absolute atomic E-state index is 0.211. The third-order valence-corrected chi connectivity index (χ3v) is 2.95. The molecule has 0 saturated carbocycles. The Balaban J connectivity index is 1.99. The van der Waals surface area contributed by atoms with Crippen LogP contribution in [-0.2, 0) is 6.61 Å². The maximum atomic E-state index is 11.7. The summed E-state index contributed by atoms with van der Waals surface area (Å²) in [5.41, 5.74) is 3.14. The molecule has 96 valence electrons. The highest BCUT2D eigenvalue weighted by Crippen LogP contribution is 2.15. The number of ether oxygens (including phenoxy) is 1. The lowest BCUT2D eigenvalue weighted by Gasteiger charge is -2.06. The smallest absolute Gasteiger partial charge is 0.252 e. The molecule has 0 radical (unpaired) electrons. The van der Waals surface area contributed by atoms with E-state index in [9.17, 15) is 4.79 Å². The largest absolute Gasteiger partial charge is 0.487 e. The van der Waals surface area contributed by atoms with Crippen molar-refractivity contribution in [1.82, 2.24) is 10.3 Å². The molecular formula is C14H12N2O2S. The zero-order valence-corrected chi connectivity index (χ0v) is 10.9. The summed E-state index contributed by atoms with van der Waals surface area (Å²) < 4.78 is 5.57. The van der Waals surface area contributed by atoms with E-state index in [-0.39, 0.29) is 12.5 Å². The number of aromatic nitrogens is 1. The van der Waals surface area contributed by atoms with Gasteiger partial charge in [0.25, 0.3) is 5.91 Å². The van der Waals surface area contributed by atoms with E-state index in [1.165, 1.54) is 11.3 Å². The predicted octanol–water partition coefficient (Wildman–Crippen LogP) is 2.09. The number of nitrogens with one attached hydrogen (secondary N) is 1. The summed E-state index contributed by atoms with van der Waals surface area (Å²) in [5.74, 6) is 2.77. The van der Waals surface area contributed by atoms with Crippen molar-refractivity contribution in [3.05, 3.63) is 46.4 Å². The number of benzene rings is 1. The summed E-state index contributed by atoms with van der Waals surface area (Å²) in [5, 5.41) is 4.52. The van der Waals surface area contributed by atoms with Gasteiger partial charge in [-0.25, -0.2) is 4.98 Å². The minimum atomic E-state index is -0.211. The number of hydrogen-bond donors (Lipinski definition) is 1. The van der Waals surface area contributed by atoms with E-state index >= 15 is 0 Å². The summed E-state index contributed by atoms with van der Waals surface area (Å²) in [6.45, 7) is 0.599. The molecule has 4 nitrogen and oxygen atoms in total. The van der Waals surface area contributed by atoms with Crippen LogP contribution in [-0.4, -0.2) is 17.4 Å². The number of nitrogens with zero attached hydrogens (tertiary/aromatic N) is 1. The summed E-state index contributed by atoms with van der Waals surface area (Å²) in [4.78, 5) is 15.8. The number of carbonyl (C=O) groups excluding carboxylic acids is 1. The first-order valence-corrected chi connectivity index (χ1v) is 6.55. The fraction of sp³-hybridized carbons (Fsp3) is 0.143. The lowest BCUT2D eigenvalue weighted by atomic mass is 10.2. The van der Waals surface area contributed by atoms with Gasteiger partial charge >= 0.3 is 0 Å². The molecule has 1 aromatic carbocycles. The molecule has 0 aliphatic heterocycles. The second-order valence-corrected chi connectivity index (χ2v) is 4.40. The molecule has 0 atom stereocenters. The molecule has 0 saturated heterocycles. The molecule has 2 aromatic rings. The molecule has 19 heavy (non-hydrogen) atoms. The molecule has 0 fully saturated rings. The van der Waals surface area contributed by atoms with Crippen molar-refractivity contribution in [2.24, 2.45) is 0 Å². The van der Waals surface area contributed by atoms with Crippen LogP contribution in [0.15, 0.2) is 35.2 Å². The fourth-order valence-electron chi connectivity index (χ4n) is 1.43. The number of carbonyl (C=O) groups is 1. The molecular weight excluding hydrogens is 260 g/mol. The lowest BCUT2D eigenvalue weighted by molar-refractivity contribution is 0.0958. The zero-order valence-electron chi connectivity index (χ0n) is 10.1. The van der Waals surface area contributed by atoms with Crippen molar-refractivity contribution < 1.29 is 9.53 Å². The topological polar surface area (TPSA) is 51.2 Å². The maximum Gasteiger partial charge on any atom is 0.252 e. The van der Waals surface area contributed by atoms with Crippen molar-refractivity contribution in [2.45, 2.75) is 6.61 Å². The molecule has 0 spiro atoms. The molecule has 1 heterocycles. The monoisotopic (exact) mass is 272 g/mol. The van der Waals surface area contributed by atoms with Gasteiger partial charge in [-0.2, -0.15) is 0 Å². The van der Waals surface area contributed by atoms with Crippen LogP contribution in [0.1, 0.15) is 16.1 Å². The van der Waals surface area contributed by atoms with E-state index in [0.29, 0.717) is 17.9 Å². The summed E-state index contributed by atoms with van der Waals surface area (Å²) in [6.07, 6.45) is 5.09. The van der Waals surface area contributed by atoms with Crippen LogP contribution in [0.3, 0.4) is 0 Å². The Labute approximate surface area is 115 Å². The molecule has 0 aliphatic rings. The molecule has 2 rings (SSSR count). The highest BCUT2D eigenvalue weighted by Gasteiger charge is 2.06. The van der Waals surface area contributed by atoms with Crippen LogP contribution < -0.4 is 10.1 Å². The van der Waals surface area contributed by atoms with Gasteiger partial charge in [-0.1, -0.05) is 12.0 Å². The van der Waals surface area contributed by atoms with Gasteiger partial charge in [0.1, 0.15) is 12.4 Å². The van der Waals surface area contributed by atoms with Gasteiger partial charge in [0.05, 0.1) is 17.7 Å². The minimum Gasteiger partial charge on any atom is -0.487 e. The summed E-state index contributed by atoms with van der Waals surface area (Å²) in [7, 11) is 0. The van der Waals surface area contributed by atoms with E-state index in [0.717, 1.165) is 5.69 Å². The van der Waals surface area contributed by atoms with Gasteiger partial charge in [0.15, 0.2) is 0 Å². The Morgan fingerprint density at radius 3 is 3.16 bits per heavy atom. The SMILES string of the molecule is C#CCNC(=O)c1cccc(OCc2cscn2)c1. The average molecular weight is 272 g/mol. The van der Waals surface area contributed by atoms with Gasteiger partial charge in [-0.15, -0.1) is 17.8 Å². The molecule has 0 bridgehead atoms. The zero-order chi connectivity index (χ0) is 13.5. The van der Waals surface area contributed by atoms with Gasteiger partial charge in [0.2, 0.25) is 0 Å². The Bertz CT molecular complexity index is 588. The van der Waals surface area contributed by atoms with Gasteiger partial charge in [-0.3, -0.25) is 4.79 Å². The predicted molar refractivity (Wildman–Crippen MR) is 74.1 cm³/mol. The standard InChI is InChI=1S/C14H12N2O2S/c1-2-6-15-14(17)11-4-3-5-13(7-11)18-8-12-9-19-10-16-12/h1,3-5,7,9-10H,6,8H2,(H,15,17). The third-order valence-electron chi connectivity index (χ3n) is 2.32. The van der Waals surface area contributed by atoms with Gasteiger partial charge in [0, 0.05) is 10.9 Å². The number of amides is 1. The van der Waals surface area contributed by atoms with E-state index in [4.69, 9.17) is 11.2 Å². The Morgan fingerprint density at radius 1 is 1.53 bits per heavy atom. The second-order valence-electron chi connectivity index (χ2n) is 3.68. The molecule has 0 aliphatic carbocycles. The summed E-state index contributed by atoms with van der Waals surface area (Å²) in [6, 6.07) is 6.95. The van der Waals surface area contributed by atoms with Crippen molar-refractivity contribution >= 4 is 17.2 Å². The Kier molecular flexibility index (Phi) is 4.54. The summed E-state index contributed by atoms with van der Waals surface area (Å²) >= 11 is 1.52. The number of terminal acetylenes is 1. The Morgan fingerprint density at radius 2 is 2.42 bits per heavy atom. The van der Waals surface area contributed by atoms with Crippen molar-refractivity contribution in [3.63, 3.8) is 0 Å². The lowest BCUT2D eigenvalue weighted by Crippen LogP contribution is -2.23. The first kappa shape index (κ1) is 13.1. The number of hydrogen-bond acceptors (Lipinski definition) is 4. The highest BCUT2D eigenvalue weighted by atomic mass is 32.1. The molecule has 0 unspecified atom stereocenters. The van der Waals surface area contributed by atoms with Crippen LogP contribution in [0.25, 0.3) is 0 Å². The molecule has 5 heteroatoms. The third kappa shape index (κ3) is 3.83. The average Bonchev–Trinajstić information content (AvgIpc) is 2.96. The van der Waals surface area contributed by atoms with E-state index in [2.05, 4.69) is 16.2 Å². The second kappa shape index (κ2) is 6.57. The molecule has 1 N–H and O–H groups in total. The quantitative estimate of drug-likeness (QED) is 0.848. The first-order chi connectivity index (χ1) is 9.29. The molecule has 1 amide bonds. The van der Waals surface area contributed by atoms with Crippen LogP contribution in [0.4, 0.5) is 0 Å². The van der Waals surface area contributed by atoms with E-state index in [1.54, 1.807) is 29.8 Å². The number of rotatable bonds is 5. The van der Waals surface area contributed by atoms with Crippen LogP contribution in [0.2, 0.25) is 0 Å². The first-order valence-electron chi connectivity index (χ1n) is 5.61. The normalized spacial score (nSPS) is 9.63. The number of thiazole rings is 1. The van der Waals surface area contributed by atoms with E-state index < -0.39 is 0 Å². The molecule has 1 aromatic heterocycles. The fourth-order valence-corrected chi connectivity index (χ4v) is 1.97. The van der Waals surface area contributed by atoms with Crippen molar-refractivity contribution in [3.8, 4) is 18.1 Å².